The third kappa shape index (κ3) is 3.19. The van der Waals surface area contributed by atoms with Gasteiger partial charge in [-0.1, -0.05) is 60.7 Å². The number of imidazole rings is 1. The van der Waals surface area contributed by atoms with Crippen LogP contribution in [0.25, 0.3) is 33.3 Å². The average molecular weight is 480 g/mol. The molecule has 6 rings (SSSR count). The van der Waals surface area contributed by atoms with E-state index in [0.29, 0.717) is 11.6 Å². The highest BCUT2D eigenvalue weighted by Crippen LogP contribution is 2.52. The van der Waals surface area contributed by atoms with Crippen LogP contribution in [0.2, 0.25) is 0 Å². The van der Waals surface area contributed by atoms with Crippen molar-refractivity contribution in [1.82, 2.24) is 9.55 Å². The first-order valence-corrected chi connectivity index (χ1v) is 12.1. The van der Waals surface area contributed by atoms with Crippen LogP contribution in [-0.2, 0) is 5.54 Å². The molecule has 0 aliphatic carbocycles. The molecular formula is C31H27F2N3. The molecule has 0 amide bonds. The molecule has 180 valence electrons. The molecule has 0 atom stereocenters. The number of rotatable bonds is 3. The Morgan fingerprint density at radius 3 is 1.92 bits per heavy atom. The normalized spacial score (nSPS) is 15.9. The summed E-state index contributed by atoms with van der Waals surface area (Å²) in [6.07, 6.45) is 0. The summed E-state index contributed by atoms with van der Waals surface area (Å²) in [4.78, 5) is 6.92. The van der Waals surface area contributed by atoms with Crippen molar-refractivity contribution < 1.29 is 8.78 Å². The Hall–Kier alpha value is -3.99. The van der Waals surface area contributed by atoms with E-state index < -0.39 is 22.7 Å². The summed E-state index contributed by atoms with van der Waals surface area (Å²) in [5, 5.41) is 0. The van der Waals surface area contributed by atoms with Gasteiger partial charge in [0.15, 0.2) is 0 Å². The van der Waals surface area contributed by atoms with Crippen LogP contribution in [-0.4, -0.2) is 15.1 Å². The van der Waals surface area contributed by atoms with E-state index in [1.54, 1.807) is 0 Å². The van der Waals surface area contributed by atoms with E-state index >= 15 is 0 Å². The zero-order valence-electron chi connectivity index (χ0n) is 20.8. The Bertz CT molecular complexity index is 1600. The molecule has 0 radical (unpaired) electrons. The summed E-state index contributed by atoms with van der Waals surface area (Å²) in [5.74, 6) is -0.528. The van der Waals surface area contributed by atoms with Gasteiger partial charge in [0, 0.05) is 6.07 Å². The Morgan fingerprint density at radius 2 is 1.25 bits per heavy atom. The van der Waals surface area contributed by atoms with E-state index in [-0.39, 0.29) is 0 Å². The second-order valence-electron chi connectivity index (χ2n) is 10.4. The molecule has 1 aliphatic rings. The van der Waals surface area contributed by atoms with E-state index in [0.717, 1.165) is 39.4 Å². The molecule has 36 heavy (non-hydrogen) atoms. The van der Waals surface area contributed by atoms with E-state index in [4.69, 9.17) is 4.98 Å². The minimum absolute atomic E-state index is 0.419. The minimum atomic E-state index is -0.604. The van der Waals surface area contributed by atoms with Gasteiger partial charge in [0.05, 0.1) is 27.8 Å². The van der Waals surface area contributed by atoms with Crippen molar-refractivity contribution in [3.05, 3.63) is 103 Å². The lowest BCUT2D eigenvalue weighted by molar-refractivity contribution is 0.253. The number of nitrogens with zero attached hydrogens (tertiary/aromatic N) is 3. The van der Waals surface area contributed by atoms with E-state index in [1.165, 1.54) is 12.1 Å². The lowest BCUT2D eigenvalue weighted by Gasteiger charge is -2.41. The number of anilines is 2. The summed E-state index contributed by atoms with van der Waals surface area (Å²) >= 11 is 0. The molecule has 3 nitrogen and oxygen atoms in total. The zero-order chi connectivity index (χ0) is 25.2. The molecular weight excluding hydrogens is 452 g/mol. The van der Waals surface area contributed by atoms with Gasteiger partial charge in [0.1, 0.15) is 11.6 Å². The van der Waals surface area contributed by atoms with Gasteiger partial charge in [-0.2, -0.15) is 0 Å². The highest BCUT2D eigenvalue weighted by molar-refractivity contribution is 5.91. The molecule has 0 saturated heterocycles. The fourth-order valence-corrected chi connectivity index (χ4v) is 5.44. The summed E-state index contributed by atoms with van der Waals surface area (Å²) in [6.45, 7) is 8.48. The Labute approximate surface area is 209 Å². The van der Waals surface area contributed by atoms with Crippen molar-refractivity contribution in [2.75, 3.05) is 4.90 Å². The lowest BCUT2D eigenvalue weighted by Crippen LogP contribution is -2.50. The molecule has 2 heterocycles. The van der Waals surface area contributed by atoms with Gasteiger partial charge in [-0.15, -0.1) is 0 Å². The van der Waals surface area contributed by atoms with Crippen LogP contribution in [0, 0.1) is 11.6 Å². The van der Waals surface area contributed by atoms with Crippen molar-refractivity contribution in [2.45, 2.75) is 38.8 Å². The van der Waals surface area contributed by atoms with E-state index in [9.17, 15) is 8.78 Å². The predicted molar refractivity (Wildman–Crippen MR) is 143 cm³/mol. The first kappa shape index (κ1) is 22.5. The fraction of sp³-hybridized carbons (Fsp3) is 0.194. The van der Waals surface area contributed by atoms with Crippen LogP contribution in [0.4, 0.5) is 20.4 Å². The van der Waals surface area contributed by atoms with Gasteiger partial charge in [-0.05, 0) is 74.2 Å². The van der Waals surface area contributed by atoms with Crippen molar-refractivity contribution in [2.24, 2.45) is 0 Å². The molecule has 1 aliphatic heterocycles. The second kappa shape index (κ2) is 7.76. The number of hydrogen-bond acceptors (Lipinski definition) is 2. The maximum Gasteiger partial charge on any atom is 0.212 e. The minimum Gasteiger partial charge on any atom is -0.304 e. The van der Waals surface area contributed by atoms with Crippen LogP contribution in [0.3, 0.4) is 0 Å². The monoisotopic (exact) mass is 479 g/mol. The van der Waals surface area contributed by atoms with Crippen molar-refractivity contribution >= 4 is 22.7 Å². The molecule has 0 unspecified atom stereocenters. The predicted octanol–water partition coefficient (Wildman–Crippen LogP) is 8.31. The molecule has 5 aromatic rings. The fourth-order valence-electron chi connectivity index (χ4n) is 5.44. The first-order chi connectivity index (χ1) is 17.2. The van der Waals surface area contributed by atoms with Gasteiger partial charge < -0.3 is 9.47 Å². The SMILES string of the molecule is CC1(C)N(c2cc(F)cc(F)c2)c2nc3ccc(-c4ccccc4-c4ccccc4)cc3n2C1(C)C. The van der Waals surface area contributed by atoms with Crippen molar-refractivity contribution in [3.8, 4) is 22.3 Å². The Balaban J connectivity index is 1.57. The molecule has 0 N–H and O–H groups in total. The topological polar surface area (TPSA) is 21.1 Å². The highest BCUT2D eigenvalue weighted by atomic mass is 19.1. The number of fused-ring (bicyclic) bond motifs is 3. The number of hydrogen-bond donors (Lipinski definition) is 0. The van der Waals surface area contributed by atoms with Gasteiger partial charge in [-0.3, -0.25) is 0 Å². The average Bonchev–Trinajstić information content (AvgIpc) is 3.28. The maximum atomic E-state index is 14.2. The third-order valence-electron chi connectivity index (χ3n) is 7.88. The standard InChI is InChI=1S/C31H27F2N3/c1-30(2)31(3,4)36-28-16-21(26-13-9-8-12-25(26)20-10-6-5-7-11-20)14-15-27(28)34-29(36)35(30)24-18-22(32)17-23(33)19-24/h5-19H,1-4H3. The number of halogens is 2. The third-order valence-corrected chi connectivity index (χ3v) is 7.88. The number of aromatic nitrogens is 2. The van der Waals surface area contributed by atoms with Crippen molar-refractivity contribution in [3.63, 3.8) is 0 Å². The molecule has 1 aromatic heterocycles. The van der Waals surface area contributed by atoms with Gasteiger partial charge in [-0.25, -0.2) is 13.8 Å². The van der Waals surface area contributed by atoms with Crippen molar-refractivity contribution in [1.29, 1.82) is 0 Å². The van der Waals surface area contributed by atoms with Crippen LogP contribution in [0.5, 0.6) is 0 Å². The Kier molecular flexibility index (Phi) is 4.84. The van der Waals surface area contributed by atoms with E-state index in [2.05, 4.69) is 80.8 Å². The highest BCUT2D eigenvalue weighted by Gasteiger charge is 2.53. The lowest BCUT2D eigenvalue weighted by atomic mass is 9.82. The molecule has 4 aromatic carbocycles. The van der Waals surface area contributed by atoms with Gasteiger partial charge in [0.2, 0.25) is 5.95 Å². The maximum absolute atomic E-state index is 14.2. The number of benzene rings is 4. The van der Waals surface area contributed by atoms with E-state index in [1.807, 2.05) is 29.2 Å². The van der Waals surface area contributed by atoms with Crippen LogP contribution < -0.4 is 4.90 Å². The van der Waals surface area contributed by atoms with Crippen LogP contribution >= 0.6 is 0 Å². The molecule has 5 heteroatoms. The second-order valence-corrected chi connectivity index (χ2v) is 10.4. The Morgan fingerprint density at radius 1 is 0.639 bits per heavy atom. The molecule has 0 spiro atoms. The summed E-state index contributed by atoms with van der Waals surface area (Å²) in [7, 11) is 0. The first-order valence-electron chi connectivity index (χ1n) is 12.1. The smallest absolute Gasteiger partial charge is 0.212 e. The van der Waals surface area contributed by atoms with Crippen LogP contribution in [0.1, 0.15) is 27.7 Å². The quantitative estimate of drug-likeness (QED) is 0.259. The zero-order valence-corrected chi connectivity index (χ0v) is 20.8. The van der Waals surface area contributed by atoms with Gasteiger partial charge >= 0.3 is 0 Å². The summed E-state index contributed by atoms with van der Waals surface area (Å²) < 4.78 is 30.7. The molecule has 0 fully saturated rings. The molecule has 0 bridgehead atoms. The van der Waals surface area contributed by atoms with Crippen LogP contribution in [0.15, 0.2) is 91.0 Å². The summed E-state index contributed by atoms with van der Waals surface area (Å²) in [5.41, 5.74) is 5.92. The summed E-state index contributed by atoms with van der Waals surface area (Å²) in [6, 6.07) is 28.7. The largest absolute Gasteiger partial charge is 0.304 e. The van der Waals surface area contributed by atoms with Gasteiger partial charge in [0.25, 0.3) is 0 Å². The molecule has 0 saturated carbocycles.